The zero-order valence-electron chi connectivity index (χ0n) is 9.43. The van der Waals surface area contributed by atoms with Crippen LogP contribution >= 0.6 is 22.6 Å². The molecule has 6 heteroatoms. The largest absolute Gasteiger partial charge is 0.320 e. The third-order valence-electron chi connectivity index (χ3n) is 2.70. The summed E-state index contributed by atoms with van der Waals surface area (Å²) >= 11 is 1.84. The summed E-state index contributed by atoms with van der Waals surface area (Å²) in [5, 5.41) is 0. The number of hydrogen-bond donors (Lipinski definition) is 1. The van der Waals surface area contributed by atoms with E-state index in [0.717, 1.165) is 12.1 Å². The molecule has 2 rings (SSSR count). The Bertz CT molecular complexity index is 630. The van der Waals surface area contributed by atoms with E-state index in [-0.39, 0.29) is 5.56 Å². The third-order valence-corrected chi connectivity index (χ3v) is 3.63. The van der Waals surface area contributed by atoms with Crippen LogP contribution in [0.1, 0.15) is 17.2 Å². The zero-order valence-corrected chi connectivity index (χ0v) is 11.6. The van der Waals surface area contributed by atoms with Crippen LogP contribution in [-0.4, -0.2) is 0 Å². The van der Waals surface area contributed by atoms with Crippen molar-refractivity contribution in [1.29, 1.82) is 0 Å². The molecule has 0 amide bonds. The average Bonchev–Trinajstić information content (AvgIpc) is 2.35. The van der Waals surface area contributed by atoms with Crippen LogP contribution in [0.4, 0.5) is 17.6 Å². The summed E-state index contributed by atoms with van der Waals surface area (Å²) in [6.07, 6.45) is 0. The molecular formula is C13H8F4IN. The summed E-state index contributed by atoms with van der Waals surface area (Å²) in [6.45, 7) is 0. The number of benzene rings is 2. The molecule has 0 spiro atoms. The average molecular weight is 381 g/mol. The Morgan fingerprint density at radius 2 is 1.53 bits per heavy atom. The van der Waals surface area contributed by atoms with E-state index >= 15 is 0 Å². The summed E-state index contributed by atoms with van der Waals surface area (Å²) in [7, 11) is 0. The molecule has 0 saturated carbocycles. The second-order valence-corrected chi connectivity index (χ2v) is 5.07. The Morgan fingerprint density at radius 1 is 0.895 bits per heavy atom. The van der Waals surface area contributed by atoms with Gasteiger partial charge in [-0.05, 0) is 46.4 Å². The first kappa shape index (κ1) is 14.3. The normalized spacial score (nSPS) is 12.5. The molecular weight excluding hydrogens is 373 g/mol. The van der Waals surface area contributed by atoms with Gasteiger partial charge in [0.2, 0.25) is 0 Å². The van der Waals surface area contributed by atoms with Crippen molar-refractivity contribution in [2.45, 2.75) is 6.04 Å². The minimum atomic E-state index is -1.56. The molecule has 1 atom stereocenters. The minimum Gasteiger partial charge on any atom is -0.320 e. The van der Waals surface area contributed by atoms with Crippen molar-refractivity contribution in [2.24, 2.45) is 5.73 Å². The van der Waals surface area contributed by atoms with Gasteiger partial charge in [0.15, 0.2) is 17.5 Å². The summed E-state index contributed by atoms with van der Waals surface area (Å²) in [5.74, 6) is -4.62. The van der Waals surface area contributed by atoms with Gasteiger partial charge in [-0.2, -0.15) is 0 Å². The van der Waals surface area contributed by atoms with Gasteiger partial charge in [-0.3, -0.25) is 0 Å². The zero-order chi connectivity index (χ0) is 14.2. The van der Waals surface area contributed by atoms with Crippen LogP contribution < -0.4 is 5.73 Å². The van der Waals surface area contributed by atoms with Crippen molar-refractivity contribution in [3.63, 3.8) is 0 Å². The number of rotatable bonds is 2. The fourth-order valence-electron chi connectivity index (χ4n) is 1.70. The molecule has 0 heterocycles. The molecule has 0 radical (unpaired) electrons. The van der Waals surface area contributed by atoms with E-state index in [0.29, 0.717) is 9.13 Å². The molecule has 0 bridgehead atoms. The van der Waals surface area contributed by atoms with Gasteiger partial charge in [0.05, 0.1) is 6.04 Å². The first-order valence-electron chi connectivity index (χ1n) is 5.25. The van der Waals surface area contributed by atoms with Gasteiger partial charge >= 0.3 is 0 Å². The number of nitrogens with two attached hydrogens (primary N) is 1. The van der Waals surface area contributed by atoms with Crippen LogP contribution in [0.25, 0.3) is 0 Å². The second-order valence-electron chi connectivity index (χ2n) is 3.91. The molecule has 2 N–H and O–H groups in total. The fraction of sp³-hybridized carbons (Fsp3) is 0.0769. The van der Waals surface area contributed by atoms with Crippen molar-refractivity contribution in [1.82, 2.24) is 0 Å². The Hall–Kier alpha value is -1.15. The van der Waals surface area contributed by atoms with Crippen LogP contribution in [0.5, 0.6) is 0 Å². The van der Waals surface area contributed by atoms with Crippen molar-refractivity contribution < 1.29 is 17.6 Å². The molecule has 1 unspecified atom stereocenters. The van der Waals surface area contributed by atoms with Crippen LogP contribution in [-0.2, 0) is 0 Å². The molecule has 19 heavy (non-hydrogen) atoms. The van der Waals surface area contributed by atoms with Gasteiger partial charge in [-0.25, -0.2) is 17.6 Å². The Morgan fingerprint density at radius 3 is 2.16 bits per heavy atom. The van der Waals surface area contributed by atoms with Crippen LogP contribution in [0.2, 0.25) is 0 Å². The smallest absolute Gasteiger partial charge is 0.194 e. The number of halogens is 5. The van der Waals surface area contributed by atoms with Gasteiger partial charge in [0.1, 0.15) is 5.82 Å². The molecule has 0 aromatic heterocycles. The summed E-state index contributed by atoms with van der Waals surface area (Å²) in [6, 6.07) is 4.69. The van der Waals surface area contributed by atoms with Gasteiger partial charge < -0.3 is 5.73 Å². The van der Waals surface area contributed by atoms with Crippen LogP contribution in [0.15, 0.2) is 30.3 Å². The van der Waals surface area contributed by atoms with Crippen molar-refractivity contribution in [2.75, 3.05) is 0 Å². The summed E-state index contributed by atoms with van der Waals surface area (Å²) < 4.78 is 53.1. The standard InChI is InChI=1S/C13H8F4IN/c14-6-1-2-7(10(18)5-6)13(19)8-3-4-9(15)12(17)11(8)16/h1-5,13H,19H2. The van der Waals surface area contributed by atoms with Crippen molar-refractivity contribution in [3.05, 3.63) is 68.3 Å². The third kappa shape index (κ3) is 2.74. The van der Waals surface area contributed by atoms with E-state index in [4.69, 9.17) is 5.73 Å². The highest BCUT2D eigenvalue weighted by atomic mass is 127. The van der Waals surface area contributed by atoms with Gasteiger partial charge in [0.25, 0.3) is 0 Å². The van der Waals surface area contributed by atoms with Gasteiger partial charge in [-0.15, -0.1) is 0 Å². The van der Waals surface area contributed by atoms with Crippen LogP contribution in [0, 0.1) is 26.8 Å². The quantitative estimate of drug-likeness (QED) is 0.477. The maximum Gasteiger partial charge on any atom is 0.194 e. The van der Waals surface area contributed by atoms with E-state index in [2.05, 4.69) is 0 Å². The maximum atomic E-state index is 13.6. The van der Waals surface area contributed by atoms with Crippen LogP contribution in [0.3, 0.4) is 0 Å². The van der Waals surface area contributed by atoms with Crippen molar-refractivity contribution >= 4 is 22.6 Å². The monoisotopic (exact) mass is 381 g/mol. The van der Waals surface area contributed by atoms with E-state index < -0.39 is 29.3 Å². The van der Waals surface area contributed by atoms with Gasteiger partial charge in [-0.1, -0.05) is 12.1 Å². The lowest BCUT2D eigenvalue weighted by atomic mass is 9.99. The Kier molecular flexibility index (Phi) is 4.10. The first-order valence-corrected chi connectivity index (χ1v) is 6.33. The van der Waals surface area contributed by atoms with E-state index in [1.165, 1.54) is 18.2 Å². The minimum absolute atomic E-state index is 0.177. The van der Waals surface area contributed by atoms with E-state index in [1.807, 2.05) is 22.6 Å². The highest BCUT2D eigenvalue weighted by Gasteiger charge is 2.21. The molecule has 0 fully saturated rings. The topological polar surface area (TPSA) is 26.0 Å². The highest BCUT2D eigenvalue weighted by Crippen LogP contribution is 2.28. The molecule has 0 aliphatic rings. The molecule has 0 saturated heterocycles. The SMILES string of the molecule is NC(c1ccc(F)cc1I)c1ccc(F)c(F)c1F. The molecule has 2 aromatic rings. The second kappa shape index (κ2) is 5.46. The maximum absolute atomic E-state index is 13.6. The van der Waals surface area contributed by atoms with E-state index in [1.54, 1.807) is 0 Å². The lowest BCUT2D eigenvalue weighted by molar-refractivity contribution is 0.438. The fourth-order valence-corrected chi connectivity index (χ4v) is 2.52. The Labute approximate surface area is 120 Å². The predicted octanol–water partition coefficient (Wildman–Crippen LogP) is 3.90. The molecule has 100 valence electrons. The lowest BCUT2D eigenvalue weighted by Gasteiger charge is -2.15. The lowest BCUT2D eigenvalue weighted by Crippen LogP contribution is -2.16. The predicted molar refractivity (Wildman–Crippen MR) is 71.5 cm³/mol. The molecule has 2 aromatic carbocycles. The molecule has 0 aliphatic carbocycles. The first-order chi connectivity index (χ1) is 8.91. The Balaban J connectivity index is 2.50. The number of hydrogen-bond acceptors (Lipinski definition) is 1. The highest BCUT2D eigenvalue weighted by molar-refractivity contribution is 14.1. The van der Waals surface area contributed by atoms with Crippen molar-refractivity contribution in [3.8, 4) is 0 Å². The van der Waals surface area contributed by atoms with E-state index in [9.17, 15) is 17.6 Å². The summed E-state index contributed by atoms with van der Waals surface area (Å²) in [4.78, 5) is 0. The molecule has 0 aliphatic heterocycles. The van der Waals surface area contributed by atoms with Gasteiger partial charge in [0, 0.05) is 9.13 Å². The molecule has 1 nitrogen and oxygen atoms in total. The summed E-state index contributed by atoms with van der Waals surface area (Å²) in [5.41, 5.74) is 6.09.